The predicted molar refractivity (Wildman–Crippen MR) is 185 cm³/mol. The van der Waals surface area contributed by atoms with Crippen molar-refractivity contribution >= 4 is 51.0 Å². The van der Waals surface area contributed by atoms with E-state index in [4.69, 9.17) is 5.73 Å². The molecule has 0 spiro atoms. The van der Waals surface area contributed by atoms with Crippen LogP contribution in [0.2, 0.25) is 0 Å². The lowest BCUT2D eigenvalue weighted by atomic mass is 10.0. The van der Waals surface area contributed by atoms with E-state index < -0.39 is 0 Å². The summed E-state index contributed by atoms with van der Waals surface area (Å²) in [5.41, 5.74) is 19.4. The molecule has 4 aromatic heterocycles. The quantitative estimate of drug-likeness (QED) is 0.197. The molecule has 7 aromatic rings. The van der Waals surface area contributed by atoms with E-state index in [-0.39, 0.29) is 0 Å². The number of thiophene rings is 4. The van der Waals surface area contributed by atoms with Crippen molar-refractivity contribution in [2.45, 2.75) is 19.8 Å². The molecule has 0 unspecified atom stereocenters. The second-order valence-electron chi connectivity index (χ2n) is 11.3. The van der Waals surface area contributed by atoms with Gasteiger partial charge in [-0.25, -0.2) is 0 Å². The fourth-order valence-corrected chi connectivity index (χ4v) is 10.9. The molecule has 9 rings (SSSR count). The highest BCUT2D eigenvalue weighted by Crippen LogP contribution is 2.53. The molecule has 1 nitrogen and oxygen atoms in total. The fraction of sp³-hybridized carbons (Fsp3) is 0.0811. The molecule has 0 saturated carbocycles. The van der Waals surface area contributed by atoms with E-state index in [1.165, 1.54) is 89.1 Å². The smallest absolute Gasteiger partial charge is 0.0452 e. The van der Waals surface area contributed by atoms with Crippen LogP contribution in [-0.4, -0.2) is 0 Å². The average molecular weight is 612 g/mol. The largest absolute Gasteiger partial charge is 0.399 e. The van der Waals surface area contributed by atoms with Gasteiger partial charge in [-0.15, -0.1) is 45.3 Å². The molecule has 202 valence electrons. The molecule has 4 heterocycles. The van der Waals surface area contributed by atoms with Crippen LogP contribution in [0.25, 0.3) is 61.3 Å². The molecule has 2 aliphatic rings. The van der Waals surface area contributed by atoms with E-state index in [1.54, 1.807) is 0 Å². The molecule has 42 heavy (non-hydrogen) atoms. The first-order chi connectivity index (χ1) is 20.6. The summed E-state index contributed by atoms with van der Waals surface area (Å²) in [6, 6.07) is 36.0. The van der Waals surface area contributed by atoms with Crippen molar-refractivity contribution in [1.82, 2.24) is 0 Å². The minimum absolute atomic E-state index is 0.806. The van der Waals surface area contributed by atoms with Crippen molar-refractivity contribution in [3.63, 3.8) is 0 Å². The van der Waals surface area contributed by atoms with Gasteiger partial charge in [-0.3, -0.25) is 0 Å². The Morgan fingerprint density at radius 3 is 1.40 bits per heavy atom. The van der Waals surface area contributed by atoms with Gasteiger partial charge in [-0.05, 0) is 125 Å². The summed E-state index contributed by atoms with van der Waals surface area (Å²) in [5, 5.41) is 0. The van der Waals surface area contributed by atoms with Crippen LogP contribution in [0.3, 0.4) is 0 Å². The zero-order valence-electron chi connectivity index (χ0n) is 22.9. The lowest BCUT2D eigenvalue weighted by Gasteiger charge is -2.06. The third-order valence-electron chi connectivity index (χ3n) is 8.43. The van der Waals surface area contributed by atoms with Gasteiger partial charge in [-0.1, -0.05) is 42.0 Å². The molecular formula is C37H25NS4. The number of hydrogen-bond donors (Lipinski definition) is 1. The van der Waals surface area contributed by atoms with Crippen molar-refractivity contribution in [1.29, 1.82) is 0 Å². The number of fused-ring (bicyclic) bond motifs is 6. The maximum Gasteiger partial charge on any atom is 0.0452 e. The number of rotatable bonds is 4. The Hall–Kier alpha value is -3.74. The summed E-state index contributed by atoms with van der Waals surface area (Å²) < 4.78 is 0. The Labute approximate surface area is 261 Å². The second-order valence-corrected chi connectivity index (χ2v) is 15.5. The van der Waals surface area contributed by atoms with E-state index >= 15 is 0 Å². The highest BCUT2D eigenvalue weighted by Gasteiger charge is 2.29. The van der Waals surface area contributed by atoms with E-state index in [9.17, 15) is 0 Å². The van der Waals surface area contributed by atoms with E-state index in [0.29, 0.717) is 0 Å². The van der Waals surface area contributed by atoms with Gasteiger partial charge in [0, 0.05) is 44.7 Å². The molecule has 0 radical (unpaired) electrons. The molecule has 0 amide bonds. The Morgan fingerprint density at radius 2 is 0.905 bits per heavy atom. The molecule has 0 saturated heterocycles. The van der Waals surface area contributed by atoms with Gasteiger partial charge < -0.3 is 5.73 Å². The third kappa shape index (κ3) is 3.99. The Kier molecular flexibility index (Phi) is 5.54. The number of hydrogen-bond acceptors (Lipinski definition) is 5. The Balaban J connectivity index is 0.999. The summed E-state index contributed by atoms with van der Waals surface area (Å²) >= 11 is 7.70. The first kappa shape index (κ1) is 24.8. The molecule has 5 heteroatoms. The number of nitrogen functional groups attached to an aromatic ring is 1. The van der Waals surface area contributed by atoms with Gasteiger partial charge in [0.1, 0.15) is 0 Å². The minimum atomic E-state index is 0.806. The normalized spacial score (nSPS) is 12.8. The van der Waals surface area contributed by atoms with Gasteiger partial charge in [0.05, 0.1) is 0 Å². The highest BCUT2D eigenvalue weighted by atomic mass is 32.1. The lowest BCUT2D eigenvalue weighted by molar-refractivity contribution is 1.24. The summed E-state index contributed by atoms with van der Waals surface area (Å²) in [4.78, 5) is 11.0. The van der Waals surface area contributed by atoms with Crippen LogP contribution < -0.4 is 5.73 Å². The summed E-state index contributed by atoms with van der Waals surface area (Å²) in [6.07, 6.45) is 2.07. The van der Waals surface area contributed by atoms with Gasteiger partial charge in [0.25, 0.3) is 0 Å². The van der Waals surface area contributed by atoms with Crippen molar-refractivity contribution in [3.8, 4) is 61.3 Å². The van der Waals surface area contributed by atoms with Crippen molar-refractivity contribution < 1.29 is 0 Å². The van der Waals surface area contributed by atoms with Gasteiger partial charge in [-0.2, -0.15) is 0 Å². The standard InChI is InChI=1S/C37H25NS4/c1-20-2-4-21(5-3-20)30-10-12-32(39-30)34-18-25-14-23-17-29-24(16-28(23)36(25)41-34)15-26-19-35(42-37(26)29)33-13-11-31(40-33)22-6-8-27(38)9-7-22/h2-13,16-19H,14-15,38H2,1H3. The van der Waals surface area contributed by atoms with E-state index in [2.05, 4.69) is 91.9 Å². The maximum absolute atomic E-state index is 5.89. The maximum atomic E-state index is 5.89. The molecule has 0 bridgehead atoms. The lowest BCUT2D eigenvalue weighted by Crippen LogP contribution is -1.86. The highest BCUT2D eigenvalue weighted by molar-refractivity contribution is 7.26. The van der Waals surface area contributed by atoms with Crippen molar-refractivity contribution in [3.05, 3.63) is 125 Å². The van der Waals surface area contributed by atoms with Crippen molar-refractivity contribution in [2.24, 2.45) is 0 Å². The molecular weight excluding hydrogens is 587 g/mol. The Morgan fingerprint density at radius 1 is 0.452 bits per heavy atom. The average Bonchev–Trinajstić information content (AvgIpc) is 3.82. The second kappa shape index (κ2) is 9.38. The zero-order valence-corrected chi connectivity index (χ0v) is 26.1. The van der Waals surface area contributed by atoms with Crippen LogP contribution >= 0.6 is 45.3 Å². The first-order valence-corrected chi connectivity index (χ1v) is 17.4. The molecule has 0 fully saturated rings. The van der Waals surface area contributed by atoms with Crippen molar-refractivity contribution in [2.75, 3.05) is 5.73 Å². The topological polar surface area (TPSA) is 26.0 Å². The first-order valence-electron chi connectivity index (χ1n) is 14.1. The fourth-order valence-electron chi connectivity index (χ4n) is 6.25. The third-order valence-corrected chi connectivity index (χ3v) is 13.5. The summed E-state index contributed by atoms with van der Waals surface area (Å²) in [5.74, 6) is 0. The Bertz CT molecular complexity index is 1990. The van der Waals surface area contributed by atoms with Crippen LogP contribution in [0.5, 0.6) is 0 Å². The van der Waals surface area contributed by atoms with Crippen LogP contribution in [0.1, 0.15) is 27.8 Å². The molecule has 0 atom stereocenters. The van der Waals surface area contributed by atoms with E-state index in [0.717, 1.165) is 18.5 Å². The molecule has 2 aliphatic carbocycles. The van der Waals surface area contributed by atoms with Gasteiger partial charge in [0.2, 0.25) is 0 Å². The van der Waals surface area contributed by atoms with E-state index in [1.807, 2.05) is 57.5 Å². The zero-order chi connectivity index (χ0) is 27.9. The number of benzene rings is 3. The number of anilines is 1. The summed E-state index contributed by atoms with van der Waals surface area (Å²) in [7, 11) is 0. The van der Waals surface area contributed by atoms with Gasteiger partial charge in [0.15, 0.2) is 0 Å². The number of aryl methyl sites for hydroxylation is 1. The van der Waals surface area contributed by atoms with Gasteiger partial charge >= 0.3 is 0 Å². The van der Waals surface area contributed by atoms with Crippen LogP contribution in [0, 0.1) is 6.92 Å². The number of nitrogens with two attached hydrogens (primary N) is 1. The minimum Gasteiger partial charge on any atom is -0.399 e. The van der Waals surface area contributed by atoms with Crippen LogP contribution in [0.4, 0.5) is 5.69 Å². The van der Waals surface area contributed by atoms with Crippen LogP contribution in [-0.2, 0) is 12.8 Å². The predicted octanol–water partition coefficient (Wildman–Crippen LogP) is 11.6. The molecule has 0 aliphatic heterocycles. The van der Waals surface area contributed by atoms with Crippen LogP contribution in [0.15, 0.2) is 97.1 Å². The molecule has 2 N–H and O–H groups in total. The SMILES string of the molecule is Cc1ccc(-c2ccc(-c3cc4c(s3)-c3cc5c(cc3C4)-c3sc(-c4ccc(-c6ccc(N)cc6)s4)cc3C5)s2)cc1. The summed E-state index contributed by atoms with van der Waals surface area (Å²) in [6.45, 7) is 2.14. The molecule has 3 aromatic carbocycles. The monoisotopic (exact) mass is 611 g/mol.